The molecule has 1 N–H and O–H groups in total. The molecule has 1 atom stereocenters. The van der Waals surface area contributed by atoms with Crippen LogP contribution in [0.3, 0.4) is 0 Å². The molecule has 0 saturated carbocycles. The SMILES string of the molecule is FC(F)(F)c1cc(Cl)ccc1C1CNCCO1. The van der Waals surface area contributed by atoms with Crippen molar-refractivity contribution in [1.82, 2.24) is 5.32 Å². The molecule has 1 unspecified atom stereocenters. The molecule has 1 saturated heterocycles. The molecule has 0 radical (unpaired) electrons. The fraction of sp³-hybridized carbons (Fsp3) is 0.455. The molecular formula is C11H11ClF3NO. The van der Waals surface area contributed by atoms with E-state index in [-0.39, 0.29) is 10.6 Å². The molecule has 0 spiro atoms. The molecular weight excluding hydrogens is 255 g/mol. The van der Waals surface area contributed by atoms with E-state index < -0.39 is 17.8 Å². The van der Waals surface area contributed by atoms with Crippen molar-refractivity contribution in [1.29, 1.82) is 0 Å². The van der Waals surface area contributed by atoms with Crippen molar-refractivity contribution < 1.29 is 17.9 Å². The number of ether oxygens (including phenoxy) is 1. The molecule has 6 heteroatoms. The van der Waals surface area contributed by atoms with Crippen LogP contribution in [0, 0.1) is 0 Å². The summed E-state index contributed by atoms with van der Waals surface area (Å²) in [6.45, 7) is 1.45. The van der Waals surface area contributed by atoms with Gasteiger partial charge in [-0.2, -0.15) is 13.2 Å². The second-order valence-electron chi connectivity index (χ2n) is 3.79. The first-order valence-corrected chi connectivity index (χ1v) is 5.55. The highest BCUT2D eigenvalue weighted by Crippen LogP contribution is 2.37. The molecule has 2 rings (SSSR count). The Kier molecular flexibility index (Phi) is 3.61. The largest absolute Gasteiger partial charge is 0.416 e. The molecule has 17 heavy (non-hydrogen) atoms. The van der Waals surface area contributed by atoms with E-state index in [9.17, 15) is 13.2 Å². The third kappa shape index (κ3) is 2.91. The third-order valence-electron chi connectivity index (χ3n) is 2.60. The number of halogens is 4. The van der Waals surface area contributed by atoms with Gasteiger partial charge in [0.05, 0.1) is 18.3 Å². The highest BCUT2D eigenvalue weighted by atomic mass is 35.5. The first-order chi connectivity index (χ1) is 7.98. The summed E-state index contributed by atoms with van der Waals surface area (Å²) in [5, 5.41) is 3.08. The third-order valence-corrected chi connectivity index (χ3v) is 2.83. The zero-order valence-corrected chi connectivity index (χ0v) is 9.61. The molecule has 1 fully saturated rings. The standard InChI is InChI=1S/C11H11ClF3NO/c12-7-1-2-8(9(5-7)11(13,14)15)10-6-16-3-4-17-10/h1-2,5,10,16H,3-4,6H2. The average Bonchev–Trinajstić information content (AvgIpc) is 2.29. The molecule has 0 bridgehead atoms. The van der Waals surface area contributed by atoms with Gasteiger partial charge < -0.3 is 10.1 Å². The van der Waals surface area contributed by atoms with Gasteiger partial charge in [-0.3, -0.25) is 0 Å². The normalized spacial score (nSPS) is 21.5. The monoisotopic (exact) mass is 265 g/mol. The average molecular weight is 266 g/mol. The van der Waals surface area contributed by atoms with Crippen LogP contribution < -0.4 is 5.32 Å². The molecule has 1 aliphatic rings. The summed E-state index contributed by atoms with van der Waals surface area (Å²) < 4.78 is 43.9. The number of morpholine rings is 1. The Labute approximate surface area is 102 Å². The summed E-state index contributed by atoms with van der Waals surface area (Å²) >= 11 is 5.61. The lowest BCUT2D eigenvalue weighted by Crippen LogP contribution is -2.34. The summed E-state index contributed by atoms with van der Waals surface area (Å²) in [7, 11) is 0. The van der Waals surface area contributed by atoms with Crippen molar-refractivity contribution >= 4 is 11.6 Å². The molecule has 1 heterocycles. The van der Waals surface area contributed by atoms with E-state index in [1.807, 2.05) is 0 Å². The van der Waals surface area contributed by atoms with E-state index in [0.717, 1.165) is 6.07 Å². The van der Waals surface area contributed by atoms with E-state index >= 15 is 0 Å². The van der Waals surface area contributed by atoms with Crippen LogP contribution in [0.15, 0.2) is 18.2 Å². The maximum atomic E-state index is 12.8. The Hall–Kier alpha value is -0.780. The number of hydrogen-bond donors (Lipinski definition) is 1. The van der Waals surface area contributed by atoms with Crippen molar-refractivity contribution in [3.63, 3.8) is 0 Å². The number of alkyl halides is 3. The number of rotatable bonds is 1. The van der Waals surface area contributed by atoms with E-state index in [2.05, 4.69) is 5.32 Å². The fourth-order valence-electron chi connectivity index (χ4n) is 1.82. The van der Waals surface area contributed by atoms with Gasteiger partial charge >= 0.3 is 6.18 Å². The molecule has 1 aromatic rings. The van der Waals surface area contributed by atoms with Crippen molar-refractivity contribution in [2.24, 2.45) is 0 Å². The van der Waals surface area contributed by atoms with Gasteiger partial charge in [-0.15, -0.1) is 0 Å². The topological polar surface area (TPSA) is 21.3 Å². The van der Waals surface area contributed by atoms with Crippen LogP contribution >= 0.6 is 11.6 Å². The summed E-state index contributed by atoms with van der Waals surface area (Å²) in [4.78, 5) is 0. The van der Waals surface area contributed by atoms with Crippen molar-refractivity contribution in [3.8, 4) is 0 Å². The molecule has 94 valence electrons. The Morgan fingerprint density at radius 2 is 2.12 bits per heavy atom. The van der Waals surface area contributed by atoms with Gasteiger partial charge in [-0.1, -0.05) is 17.7 Å². The van der Waals surface area contributed by atoms with Gasteiger partial charge in [0, 0.05) is 18.1 Å². The summed E-state index contributed by atoms with van der Waals surface area (Å²) in [6, 6.07) is 3.77. The van der Waals surface area contributed by atoms with Crippen molar-refractivity contribution in [2.45, 2.75) is 12.3 Å². The molecule has 0 amide bonds. The van der Waals surface area contributed by atoms with E-state index in [1.165, 1.54) is 12.1 Å². The van der Waals surface area contributed by atoms with Crippen LogP contribution in [-0.4, -0.2) is 19.7 Å². The van der Waals surface area contributed by atoms with E-state index in [1.54, 1.807) is 0 Å². The second kappa shape index (κ2) is 4.84. The quantitative estimate of drug-likeness (QED) is 0.843. The minimum atomic E-state index is -4.42. The lowest BCUT2D eigenvalue weighted by molar-refractivity contribution is -0.139. The predicted molar refractivity (Wildman–Crippen MR) is 58.0 cm³/mol. The Morgan fingerprint density at radius 3 is 2.71 bits per heavy atom. The van der Waals surface area contributed by atoms with Gasteiger partial charge in [-0.05, 0) is 17.7 Å². The number of benzene rings is 1. The first kappa shape index (κ1) is 12.7. The van der Waals surface area contributed by atoms with Crippen LogP contribution in [0.2, 0.25) is 5.02 Å². The van der Waals surface area contributed by atoms with Crippen LogP contribution in [0.25, 0.3) is 0 Å². The zero-order chi connectivity index (χ0) is 12.5. The number of nitrogens with one attached hydrogen (secondary N) is 1. The Morgan fingerprint density at radius 1 is 1.35 bits per heavy atom. The minimum Gasteiger partial charge on any atom is -0.371 e. The van der Waals surface area contributed by atoms with Gasteiger partial charge in [0.1, 0.15) is 0 Å². The van der Waals surface area contributed by atoms with Crippen molar-refractivity contribution in [2.75, 3.05) is 19.7 Å². The van der Waals surface area contributed by atoms with Gasteiger partial charge in [0.2, 0.25) is 0 Å². The van der Waals surface area contributed by atoms with Gasteiger partial charge in [-0.25, -0.2) is 0 Å². The summed E-state index contributed by atoms with van der Waals surface area (Å²) in [5.74, 6) is 0. The highest BCUT2D eigenvalue weighted by Gasteiger charge is 2.36. The maximum absolute atomic E-state index is 12.8. The van der Waals surface area contributed by atoms with E-state index in [0.29, 0.717) is 19.7 Å². The second-order valence-corrected chi connectivity index (χ2v) is 4.23. The minimum absolute atomic E-state index is 0.0739. The molecule has 1 aliphatic heterocycles. The van der Waals surface area contributed by atoms with Crippen molar-refractivity contribution in [3.05, 3.63) is 34.3 Å². The molecule has 0 aromatic heterocycles. The van der Waals surface area contributed by atoms with Crippen LogP contribution in [0.4, 0.5) is 13.2 Å². The zero-order valence-electron chi connectivity index (χ0n) is 8.85. The first-order valence-electron chi connectivity index (χ1n) is 5.17. The molecule has 1 aromatic carbocycles. The van der Waals surface area contributed by atoms with E-state index in [4.69, 9.17) is 16.3 Å². The molecule has 2 nitrogen and oxygen atoms in total. The van der Waals surface area contributed by atoms with Crippen LogP contribution in [0.5, 0.6) is 0 Å². The van der Waals surface area contributed by atoms with Gasteiger partial charge in [0.15, 0.2) is 0 Å². The summed E-state index contributed by atoms with van der Waals surface area (Å²) in [5.41, 5.74) is -0.590. The fourth-order valence-corrected chi connectivity index (χ4v) is 1.99. The summed E-state index contributed by atoms with van der Waals surface area (Å²) in [6.07, 6.45) is -4.99. The predicted octanol–water partition coefficient (Wildman–Crippen LogP) is 3.02. The van der Waals surface area contributed by atoms with Gasteiger partial charge in [0.25, 0.3) is 0 Å². The number of hydrogen-bond acceptors (Lipinski definition) is 2. The van der Waals surface area contributed by atoms with Crippen LogP contribution in [0.1, 0.15) is 17.2 Å². The lowest BCUT2D eigenvalue weighted by Gasteiger charge is -2.26. The van der Waals surface area contributed by atoms with Crippen LogP contribution in [-0.2, 0) is 10.9 Å². The molecule has 0 aliphatic carbocycles. The smallest absolute Gasteiger partial charge is 0.371 e. The Balaban J connectivity index is 2.38. The lowest BCUT2D eigenvalue weighted by atomic mass is 10.0. The maximum Gasteiger partial charge on any atom is 0.416 e. The Bertz CT molecular complexity index is 402. The highest BCUT2D eigenvalue weighted by molar-refractivity contribution is 6.30.